The predicted molar refractivity (Wildman–Crippen MR) is 77.0 cm³/mol. The van der Waals surface area contributed by atoms with E-state index < -0.39 is 0 Å². The van der Waals surface area contributed by atoms with Gasteiger partial charge in [-0.1, -0.05) is 32.9 Å². The highest BCUT2D eigenvalue weighted by atomic mass is 16.5. The maximum Gasteiger partial charge on any atom is 0.160 e. The fraction of sp³-hybridized carbons (Fsp3) is 0.375. The molecule has 0 saturated carbocycles. The Hall–Kier alpha value is -1.90. The zero-order chi connectivity index (χ0) is 14.2. The van der Waals surface area contributed by atoms with E-state index in [1.807, 2.05) is 24.3 Å². The zero-order valence-electron chi connectivity index (χ0n) is 12.1. The van der Waals surface area contributed by atoms with Crippen LogP contribution in [0.3, 0.4) is 0 Å². The number of ether oxygens (including phenoxy) is 1. The van der Waals surface area contributed by atoms with Gasteiger partial charge in [0, 0.05) is 22.1 Å². The van der Waals surface area contributed by atoms with Crippen LogP contribution < -0.4 is 4.74 Å². The number of pyridine rings is 1. The van der Waals surface area contributed by atoms with Crippen molar-refractivity contribution in [3.8, 4) is 5.75 Å². The highest BCUT2D eigenvalue weighted by Crippen LogP contribution is 2.31. The van der Waals surface area contributed by atoms with Gasteiger partial charge < -0.3 is 4.74 Å². The summed E-state index contributed by atoms with van der Waals surface area (Å²) in [7, 11) is 1.62. The van der Waals surface area contributed by atoms with Crippen LogP contribution in [0.25, 0.3) is 10.9 Å². The summed E-state index contributed by atoms with van der Waals surface area (Å²) in [5, 5.41) is 0.847. The van der Waals surface area contributed by atoms with E-state index >= 15 is 0 Å². The average Bonchev–Trinajstić information content (AvgIpc) is 2.35. The van der Waals surface area contributed by atoms with Gasteiger partial charge in [-0.15, -0.1) is 0 Å². The highest BCUT2D eigenvalue weighted by molar-refractivity contribution is 6.07. The summed E-state index contributed by atoms with van der Waals surface area (Å²) < 4.78 is 5.36. The van der Waals surface area contributed by atoms with Crippen LogP contribution in [0.15, 0.2) is 24.3 Å². The molecule has 100 valence electrons. The number of ketones is 1. The second-order valence-corrected chi connectivity index (χ2v) is 5.72. The number of carbonyl (C=O) groups is 1. The van der Waals surface area contributed by atoms with Crippen LogP contribution in [-0.4, -0.2) is 17.9 Å². The van der Waals surface area contributed by atoms with E-state index in [0.29, 0.717) is 11.3 Å². The first-order valence-electron chi connectivity index (χ1n) is 6.34. The van der Waals surface area contributed by atoms with Crippen molar-refractivity contribution in [3.05, 3.63) is 35.5 Å². The number of benzene rings is 1. The van der Waals surface area contributed by atoms with Crippen molar-refractivity contribution < 1.29 is 9.53 Å². The first-order chi connectivity index (χ1) is 8.84. The van der Waals surface area contributed by atoms with Gasteiger partial charge in [-0.25, -0.2) is 4.98 Å². The van der Waals surface area contributed by atoms with E-state index in [-0.39, 0.29) is 11.2 Å². The molecule has 0 aliphatic heterocycles. The van der Waals surface area contributed by atoms with Crippen molar-refractivity contribution in [2.45, 2.75) is 33.1 Å². The molecule has 3 nitrogen and oxygen atoms in total. The van der Waals surface area contributed by atoms with Gasteiger partial charge in [0.2, 0.25) is 0 Å². The van der Waals surface area contributed by atoms with Gasteiger partial charge in [0.05, 0.1) is 7.11 Å². The Morgan fingerprint density at radius 3 is 2.47 bits per heavy atom. The summed E-state index contributed by atoms with van der Waals surface area (Å²) in [6, 6.07) is 7.55. The number of nitrogens with zero attached hydrogens (tertiary/aromatic N) is 1. The molecule has 1 aromatic heterocycles. The number of carbonyl (C=O) groups excluding carboxylic acids is 1. The SMILES string of the molecule is COc1cccc2c(C(C)=O)cc(C(C)(C)C)nc12. The molecule has 0 aliphatic carbocycles. The highest BCUT2D eigenvalue weighted by Gasteiger charge is 2.20. The van der Waals surface area contributed by atoms with Gasteiger partial charge in [-0.3, -0.25) is 4.79 Å². The van der Waals surface area contributed by atoms with Gasteiger partial charge in [0.25, 0.3) is 0 Å². The van der Waals surface area contributed by atoms with Crippen molar-refractivity contribution in [2.24, 2.45) is 0 Å². The monoisotopic (exact) mass is 257 g/mol. The number of methoxy groups -OCH3 is 1. The topological polar surface area (TPSA) is 39.2 Å². The number of Topliss-reactive ketones (excluding diaryl/α,β-unsaturated/α-hetero) is 1. The Morgan fingerprint density at radius 1 is 1.26 bits per heavy atom. The Morgan fingerprint density at radius 2 is 1.95 bits per heavy atom. The molecule has 0 N–H and O–H groups in total. The molecule has 1 heterocycles. The smallest absolute Gasteiger partial charge is 0.160 e. The molecule has 0 fully saturated rings. The lowest BCUT2D eigenvalue weighted by atomic mass is 9.89. The molecule has 0 saturated heterocycles. The predicted octanol–water partition coefficient (Wildman–Crippen LogP) is 3.74. The second-order valence-electron chi connectivity index (χ2n) is 5.72. The third kappa shape index (κ3) is 2.46. The number of fused-ring (bicyclic) bond motifs is 1. The van der Waals surface area contributed by atoms with Gasteiger partial charge in [-0.05, 0) is 19.1 Å². The first kappa shape index (κ1) is 13.5. The standard InChI is InChI=1S/C16H19NO2/c1-10(18)12-9-14(16(2,3)4)17-15-11(12)7-6-8-13(15)19-5/h6-9H,1-5H3. The summed E-state index contributed by atoms with van der Waals surface area (Å²) in [5.41, 5.74) is 2.24. The van der Waals surface area contributed by atoms with Crippen LogP contribution in [0.5, 0.6) is 5.75 Å². The minimum Gasteiger partial charge on any atom is -0.494 e. The van der Waals surface area contributed by atoms with E-state index in [1.54, 1.807) is 14.0 Å². The van der Waals surface area contributed by atoms with Gasteiger partial charge in [0.15, 0.2) is 5.78 Å². The fourth-order valence-corrected chi connectivity index (χ4v) is 2.06. The molecule has 0 amide bonds. The number of hydrogen-bond donors (Lipinski definition) is 0. The molecule has 0 unspecified atom stereocenters. The Bertz CT molecular complexity index is 639. The molecule has 0 bridgehead atoms. The minimum absolute atomic E-state index is 0.0474. The molecule has 2 rings (SSSR count). The summed E-state index contributed by atoms with van der Waals surface area (Å²) >= 11 is 0. The summed E-state index contributed by atoms with van der Waals surface area (Å²) in [6.45, 7) is 7.84. The van der Waals surface area contributed by atoms with Gasteiger partial charge in [0.1, 0.15) is 11.3 Å². The number of para-hydroxylation sites is 1. The number of hydrogen-bond acceptors (Lipinski definition) is 3. The maximum absolute atomic E-state index is 11.9. The molecule has 0 spiro atoms. The Balaban J connectivity index is 2.88. The van der Waals surface area contributed by atoms with Crippen LogP contribution >= 0.6 is 0 Å². The van der Waals surface area contributed by atoms with Gasteiger partial charge >= 0.3 is 0 Å². The molecular formula is C16H19NO2. The van der Waals surface area contributed by atoms with E-state index in [2.05, 4.69) is 25.8 Å². The quantitative estimate of drug-likeness (QED) is 0.769. The van der Waals surface area contributed by atoms with Gasteiger partial charge in [-0.2, -0.15) is 0 Å². The lowest BCUT2D eigenvalue weighted by Crippen LogP contribution is -2.15. The van der Waals surface area contributed by atoms with Crippen LogP contribution in [0, 0.1) is 0 Å². The van der Waals surface area contributed by atoms with Crippen molar-refractivity contribution in [2.75, 3.05) is 7.11 Å². The molecule has 2 aromatic rings. The first-order valence-corrected chi connectivity index (χ1v) is 6.34. The van der Waals surface area contributed by atoms with Crippen LogP contribution in [0.1, 0.15) is 43.7 Å². The molecular weight excluding hydrogens is 238 g/mol. The molecule has 0 aliphatic rings. The largest absolute Gasteiger partial charge is 0.494 e. The fourth-order valence-electron chi connectivity index (χ4n) is 2.06. The zero-order valence-corrected chi connectivity index (χ0v) is 12.1. The lowest BCUT2D eigenvalue weighted by Gasteiger charge is -2.20. The average molecular weight is 257 g/mol. The molecule has 1 aromatic carbocycles. The van der Waals surface area contributed by atoms with Crippen LogP contribution in [0.2, 0.25) is 0 Å². The summed E-state index contributed by atoms with van der Waals surface area (Å²) in [4.78, 5) is 16.6. The third-order valence-corrected chi connectivity index (χ3v) is 3.17. The molecule has 3 heteroatoms. The van der Waals surface area contributed by atoms with Crippen molar-refractivity contribution >= 4 is 16.7 Å². The number of rotatable bonds is 2. The number of aromatic nitrogens is 1. The van der Waals surface area contributed by atoms with E-state index in [1.165, 1.54) is 0 Å². The van der Waals surface area contributed by atoms with Crippen molar-refractivity contribution in [1.29, 1.82) is 0 Å². The molecule has 0 atom stereocenters. The lowest BCUT2D eigenvalue weighted by molar-refractivity contribution is 0.101. The minimum atomic E-state index is -0.112. The second kappa shape index (κ2) is 4.65. The van der Waals surface area contributed by atoms with Crippen LogP contribution in [-0.2, 0) is 5.41 Å². The van der Waals surface area contributed by atoms with Crippen molar-refractivity contribution in [3.63, 3.8) is 0 Å². The third-order valence-electron chi connectivity index (χ3n) is 3.17. The maximum atomic E-state index is 11.9. The molecule has 0 radical (unpaired) electrons. The Kier molecular flexibility index (Phi) is 3.31. The van der Waals surface area contributed by atoms with E-state index in [9.17, 15) is 4.79 Å². The summed E-state index contributed by atoms with van der Waals surface area (Å²) in [6.07, 6.45) is 0. The normalized spacial score (nSPS) is 11.6. The van der Waals surface area contributed by atoms with Crippen molar-refractivity contribution in [1.82, 2.24) is 4.98 Å². The Labute approximate surface area is 113 Å². The molecule has 19 heavy (non-hydrogen) atoms. The van der Waals surface area contributed by atoms with E-state index in [4.69, 9.17) is 4.74 Å². The summed E-state index contributed by atoms with van der Waals surface area (Å²) in [5.74, 6) is 0.747. The van der Waals surface area contributed by atoms with E-state index in [0.717, 1.165) is 16.6 Å². The van der Waals surface area contributed by atoms with Crippen LogP contribution in [0.4, 0.5) is 0 Å².